The number of pyridine rings is 1. The summed E-state index contributed by atoms with van der Waals surface area (Å²) in [4.78, 5) is 4.25. The molecule has 1 aromatic rings. The van der Waals surface area contributed by atoms with E-state index in [0.29, 0.717) is 26.4 Å². The zero-order valence-electron chi connectivity index (χ0n) is 11.0. The maximum atomic E-state index is 9.70. The van der Waals surface area contributed by atoms with Gasteiger partial charge in [0.05, 0.1) is 31.6 Å². The van der Waals surface area contributed by atoms with Crippen LogP contribution in [0.2, 0.25) is 0 Å². The molecule has 0 aliphatic heterocycles. The summed E-state index contributed by atoms with van der Waals surface area (Å²) in [7, 11) is 1.62. The van der Waals surface area contributed by atoms with Crippen molar-refractivity contribution in [2.75, 3.05) is 33.5 Å². The van der Waals surface area contributed by atoms with Crippen LogP contribution in [0.4, 0.5) is 0 Å². The molecule has 0 spiro atoms. The lowest BCUT2D eigenvalue weighted by atomic mass is 10.2. The highest BCUT2D eigenvalue weighted by Crippen LogP contribution is 2.07. The zero-order valence-corrected chi connectivity index (χ0v) is 11.0. The minimum Gasteiger partial charge on any atom is -0.389 e. The molecule has 102 valence electrons. The lowest BCUT2D eigenvalue weighted by Crippen LogP contribution is -2.32. The summed E-state index contributed by atoms with van der Waals surface area (Å²) < 4.78 is 10.1. The summed E-state index contributed by atoms with van der Waals surface area (Å²) in [5.74, 6) is 0. The first-order valence-corrected chi connectivity index (χ1v) is 6.13. The first kappa shape index (κ1) is 15.0. The van der Waals surface area contributed by atoms with Crippen LogP contribution in [0.3, 0.4) is 0 Å². The summed E-state index contributed by atoms with van der Waals surface area (Å²) in [6, 6.07) is 5.90. The van der Waals surface area contributed by atoms with Crippen molar-refractivity contribution in [1.82, 2.24) is 10.3 Å². The predicted molar refractivity (Wildman–Crippen MR) is 69.4 cm³/mol. The van der Waals surface area contributed by atoms with Crippen molar-refractivity contribution in [1.29, 1.82) is 0 Å². The summed E-state index contributed by atoms with van der Waals surface area (Å²) in [5.41, 5.74) is 0.963. The molecule has 0 aliphatic carbocycles. The van der Waals surface area contributed by atoms with Gasteiger partial charge >= 0.3 is 0 Å². The Balaban J connectivity index is 2.16. The van der Waals surface area contributed by atoms with Gasteiger partial charge in [0.1, 0.15) is 0 Å². The van der Waals surface area contributed by atoms with Gasteiger partial charge in [0.25, 0.3) is 0 Å². The summed E-state index contributed by atoms with van der Waals surface area (Å²) in [6.07, 6.45) is 1.24. The standard InChI is InChI=1S/C13H22N2O3/c1-11(13-5-3-4-6-14-13)15-9-12(16)10-18-8-7-17-2/h3-6,11-12,15-16H,7-10H2,1-2H3/t11-,12?/m0/s1. The highest BCUT2D eigenvalue weighted by molar-refractivity contribution is 5.07. The monoisotopic (exact) mass is 254 g/mol. The minimum atomic E-state index is -0.520. The van der Waals surface area contributed by atoms with E-state index in [1.807, 2.05) is 25.1 Å². The van der Waals surface area contributed by atoms with Crippen LogP contribution in [0.5, 0.6) is 0 Å². The maximum Gasteiger partial charge on any atom is 0.0897 e. The van der Waals surface area contributed by atoms with E-state index in [9.17, 15) is 5.11 Å². The van der Waals surface area contributed by atoms with Crippen LogP contribution in [-0.2, 0) is 9.47 Å². The smallest absolute Gasteiger partial charge is 0.0897 e. The highest BCUT2D eigenvalue weighted by Gasteiger charge is 2.09. The van der Waals surface area contributed by atoms with Crippen LogP contribution in [0.15, 0.2) is 24.4 Å². The van der Waals surface area contributed by atoms with Crippen LogP contribution in [0.1, 0.15) is 18.7 Å². The third kappa shape index (κ3) is 6.07. The van der Waals surface area contributed by atoms with Crippen LogP contribution in [-0.4, -0.2) is 49.7 Å². The molecule has 1 unspecified atom stereocenters. The first-order chi connectivity index (χ1) is 8.74. The molecule has 1 aromatic heterocycles. The quantitative estimate of drug-likeness (QED) is 0.637. The molecule has 2 atom stereocenters. The van der Waals surface area contributed by atoms with E-state index in [-0.39, 0.29) is 6.04 Å². The Morgan fingerprint density at radius 2 is 2.22 bits per heavy atom. The lowest BCUT2D eigenvalue weighted by Gasteiger charge is -2.16. The number of aliphatic hydroxyl groups is 1. The van der Waals surface area contributed by atoms with Crippen molar-refractivity contribution in [2.45, 2.75) is 19.1 Å². The number of aliphatic hydroxyl groups excluding tert-OH is 1. The number of methoxy groups -OCH3 is 1. The normalized spacial score (nSPS) is 14.4. The topological polar surface area (TPSA) is 63.6 Å². The second kappa shape index (κ2) is 8.99. The zero-order chi connectivity index (χ0) is 13.2. The number of nitrogens with zero attached hydrogens (tertiary/aromatic N) is 1. The van der Waals surface area contributed by atoms with Gasteiger partial charge in [-0.2, -0.15) is 0 Å². The molecular weight excluding hydrogens is 232 g/mol. The molecular formula is C13H22N2O3. The van der Waals surface area contributed by atoms with Gasteiger partial charge in [0.15, 0.2) is 0 Å². The largest absolute Gasteiger partial charge is 0.389 e. The Morgan fingerprint density at radius 3 is 2.89 bits per heavy atom. The number of hydrogen-bond donors (Lipinski definition) is 2. The van der Waals surface area contributed by atoms with Crippen LogP contribution in [0, 0.1) is 0 Å². The van der Waals surface area contributed by atoms with Crippen molar-refractivity contribution in [3.8, 4) is 0 Å². The van der Waals surface area contributed by atoms with E-state index in [1.165, 1.54) is 0 Å². The highest BCUT2D eigenvalue weighted by atomic mass is 16.5. The Hall–Kier alpha value is -1.01. The Bertz CT molecular complexity index is 308. The van der Waals surface area contributed by atoms with E-state index in [1.54, 1.807) is 13.3 Å². The SMILES string of the molecule is COCCOCC(O)CN[C@@H](C)c1ccccn1. The fourth-order valence-electron chi connectivity index (χ4n) is 1.47. The van der Waals surface area contributed by atoms with Crippen molar-refractivity contribution in [3.63, 3.8) is 0 Å². The Kier molecular flexibility index (Phi) is 7.52. The van der Waals surface area contributed by atoms with Gasteiger partial charge in [0.2, 0.25) is 0 Å². The van der Waals surface area contributed by atoms with Crippen molar-refractivity contribution < 1.29 is 14.6 Å². The number of hydrogen-bond acceptors (Lipinski definition) is 5. The third-order valence-corrected chi connectivity index (χ3v) is 2.53. The van der Waals surface area contributed by atoms with Gasteiger partial charge in [-0.1, -0.05) is 6.07 Å². The van der Waals surface area contributed by atoms with E-state index in [2.05, 4.69) is 10.3 Å². The summed E-state index contributed by atoms with van der Waals surface area (Å²) in [6.45, 7) is 3.85. The molecule has 0 bridgehead atoms. The molecule has 0 amide bonds. The predicted octanol–water partition coefficient (Wildman–Crippen LogP) is 0.756. The molecule has 0 saturated carbocycles. The molecule has 2 N–H and O–H groups in total. The molecule has 1 rings (SSSR count). The number of ether oxygens (including phenoxy) is 2. The van der Waals surface area contributed by atoms with Gasteiger partial charge in [-0.05, 0) is 19.1 Å². The number of aromatic nitrogens is 1. The fraction of sp³-hybridized carbons (Fsp3) is 0.615. The second-order valence-electron chi connectivity index (χ2n) is 4.11. The summed E-state index contributed by atoms with van der Waals surface area (Å²) in [5, 5.41) is 12.9. The van der Waals surface area contributed by atoms with Gasteiger partial charge in [0, 0.05) is 25.9 Å². The van der Waals surface area contributed by atoms with Gasteiger partial charge < -0.3 is 19.9 Å². The molecule has 5 nitrogen and oxygen atoms in total. The second-order valence-corrected chi connectivity index (χ2v) is 4.11. The molecule has 0 fully saturated rings. The molecule has 18 heavy (non-hydrogen) atoms. The lowest BCUT2D eigenvalue weighted by molar-refractivity contribution is 0.0130. The number of nitrogens with one attached hydrogen (secondary N) is 1. The van der Waals surface area contributed by atoms with E-state index in [4.69, 9.17) is 9.47 Å². The van der Waals surface area contributed by atoms with Crippen molar-refractivity contribution >= 4 is 0 Å². The molecule has 0 aliphatic rings. The Labute approximate surface area is 108 Å². The van der Waals surface area contributed by atoms with Crippen molar-refractivity contribution in [3.05, 3.63) is 30.1 Å². The van der Waals surface area contributed by atoms with E-state index < -0.39 is 6.10 Å². The fourth-order valence-corrected chi connectivity index (χ4v) is 1.47. The van der Waals surface area contributed by atoms with E-state index >= 15 is 0 Å². The van der Waals surface area contributed by atoms with E-state index in [0.717, 1.165) is 5.69 Å². The van der Waals surface area contributed by atoms with Gasteiger partial charge in [-0.25, -0.2) is 0 Å². The first-order valence-electron chi connectivity index (χ1n) is 6.13. The van der Waals surface area contributed by atoms with Gasteiger partial charge in [-0.15, -0.1) is 0 Å². The van der Waals surface area contributed by atoms with Crippen molar-refractivity contribution in [2.24, 2.45) is 0 Å². The molecule has 0 aromatic carbocycles. The molecule has 0 radical (unpaired) electrons. The van der Waals surface area contributed by atoms with Crippen LogP contribution >= 0.6 is 0 Å². The van der Waals surface area contributed by atoms with Crippen LogP contribution < -0.4 is 5.32 Å². The minimum absolute atomic E-state index is 0.111. The number of rotatable bonds is 9. The average molecular weight is 254 g/mol. The van der Waals surface area contributed by atoms with Crippen LogP contribution in [0.25, 0.3) is 0 Å². The molecule has 0 saturated heterocycles. The van der Waals surface area contributed by atoms with Gasteiger partial charge in [-0.3, -0.25) is 4.98 Å². The maximum absolute atomic E-state index is 9.70. The summed E-state index contributed by atoms with van der Waals surface area (Å²) >= 11 is 0. The molecule has 1 heterocycles. The Morgan fingerprint density at radius 1 is 1.39 bits per heavy atom. The third-order valence-electron chi connectivity index (χ3n) is 2.53. The molecule has 5 heteroatoms. The average Bonchev–Trinajstić information content (AvgIpc) is 2.42.